The molecule has 3 rings (SSSR count). The van der Waals surface area contributed by atoms with Crippen LogP contribution in [0.4, 0.5) is 0 Å². The van der Waals surface area contributed by atoms with Crippen LogP contribution in [-0.4, -0.2) is 0 Å². The lowest BCUT2D eigenvalue weighted by molar-refractivity contribution is -0.00000471. The van der Waals surface area contributed by atoms with E-state index in [-0.39, 0.29) is 24.0 Å². The fourth-order valence-electron chi connectivity index (χ4n) is 2.93. The van der Waals surface area contributed by atoms with Crippen molar-refractivity contribution in [2.24, 2.45) is 0 Å². The molecule has 0 heterocycles. The molecule has 0 aromatic heterocycles. The first kappa shape index (κ1) is 19.6. The first-order valence-corrected chi connectivity index (χ1v) is 9.99. The van der Waals surface area contributed by atoms with Gasteiger partial charge in [0.25, 0.3) is 0 Å². The summed E-state index contributed by atoms with van der Waals surface area (Å²) < 4.78 is 0. The Morgan fingerprint density at radius 2 is 1.00 bits per heavy atom. The summed E-state index contributed by atoms with van der Waals surface area (Å²) in [6.07, 6.45) is 2.17. The van der Waals surface area contributed by atoms with Crippen molar-refractivity contribution in [2.45, 2.75) is 6.92 Å². The highest BCUT2D eigenvalue weighted by molar-refractivity contribution is 7.98. The number of hydrogen-bond donors (Lipinski definition) is 0. The Morgan fingerprint density at radius 3 is 1.28 bits per heavy atom. The molecule has 0 radical (unpaired) electrons. The van der Waals surface area contributed by atoms with E-state index >= 15 is 0 Å². The molecule has 0 aliphatic heterocycles. The van der Waals surface area contributed by atoms with Gasteiger partial charge in [-0.1, -0.05) is 66.7 Å². The van der Waals surface area contributed by atoms with Gasteiger partial charge < -0.3 is 24.0 Å². The highest BCUT2D eigenvalue weighted by Crippen LogP contribution is 2.56. The van der Waals surface area contributed by atoms with Gasteiger partial charge in [0.15, 0.2) is 0 Å². The molecule has 0 spiro atoms. The first-order valence-electron chi connectivity index (χ1n) is 8.14. The third kappa shape index (κ3) is 4.29. The Labute approximate surface area is 168 Å². The SMILES string of the molecule is C=C(C)C=C[P+](c1ccccc1)(c1ccccc1)c1ccccc1.[I-]. The van der Waals surface area contributed by atoms with Gasteiger partial charge >= 0.3 is 0 Å². The largest absolute Gasteiger partial charge is 1.00 e. The maximum atomic E-state index is 4.07. The van der Waals surface area contributed by atoms with Crippen LogP contribution in [0, 0.1) is 0 Å². The molecule has 0 nitrogen and oxygen atoms in total. The summed E-state index contributed by atoms with van der Waals surface area (Å²) in [6.45, 7) is 6.12. The van der Waals surface area contributed by atoms with Crippen LogP contribution in [0.3, 0.4) is 0 Å². The van der Waals surface area contributed by atoms with Crippen molar-refractivity contribution in [3.8, 4) is 0 Å². The van der Waals surface area contributed by atoms with E-state index in [1.54, 1.807) is 0 Å². The summed E-state index contributed by atoms with van der Waals surface area (Å²) in [6, 6.07) is 32.5. The standard InChI is InChI=1S/C23H22P.HI/c1-20(2)18-19-24(21-12-6-3-7-13-21,22-14-8-4-9-15-22)23-16-10-5-11-17-23;/h3-19H,1H2,2H3;1H/q+1;/p-1. The summed E-state index contributed by atoms with van der Waals surface area (Å²) in [4.78, 5) is 0. The van der Waals surface area contributed by atoms with E-state index < -0.39 is 7.26 Å². The molecule has 0 fully saturated rings. The van der Waals surface area contributed by atoms with Crippen LogP contribution in [0.5, 0.6) is 0 Å². The minimum atomic E-state index is -1.85. The summed E-state index contributed by atoms with van der Waals surface area (Å²) in [5.41, 5.74) is 1.07. The van der Waals surface area contributed by atoms with Gasteiger partial charge in [-0.2, -0.15) is 0 Å². The smallest absolute Gasteiger partial charge is 0.136 e. The minimum absolute atomic E-state index is 0. The second-order valence-electron chi connectivity index (χ2n) is 5.89. The van der Waals surface area contributed by atoms with Crippen molar-refractivity contribution in [1.82, 2.24) is 0 Å². The topological polar surface area (TPSA) is 0 Å². The lowest BCUT2D eigenvalue weighted by Crippen LogP contribution is -3.00. The van der Waals surface area contributed by atoms with Crippen LogP contribution in [0.1, 0.15) is 6.92 Å². The molecule has 126 valence electrons. The average Bonchev–Trinajstić information content (AvgIpc) is 2.65. The Kier molecular flexibility index (Phi) is 7.16. The Balaban J connectivity index is 0.00000225. The van der Waals surface area contributed by atoms with Crippen LogP contribution < -0.4 is 39.9 Å². The van der Waals surface area contributed by atoms with Crippen molar-refractivity contribution < 1.29 is 24.0 Å². The predicted octanol–water partition coefficient (Wildman–Crippen LogP) is 2.07. The van der Waals surface area contributed by atoms with Gasteiger partial charge in [-0.15, -0.1) is 0 Å². The predicted molar refractivity (Wildman–Crippen MR) is 109 cm³/mol. The maximum Gasteiger partial charge on any atom is 0.136 e. The van der Waals surface area contributed by atoms with Gasteiger partial charge in [0, 0.05) is 0 Å². The highest BCUT2D eigenvalue weighted by atomic mass is 127. The van der Waals surface area contributed by atoms with Crippen LogP contribution in [0.25, 0.3) is 0 Å². The average molecular weight is 456 g/mol. The highest BCUT2D eigenvalue weighted by Gasteiger charge is 2.42. The minimum Gasteiger partial charge on any atom is -1.00 e. The lowest BCUT2D eigenvalue weighted by Gasteiger charge is -2.24. The molecule has 2 heteroatoms. The molecule has 3 aromatic carbocycles. The van der Waals surface area contributed by atoms with Crippen molar-refractivity contribution in [1.29, 1.82) is 0 Å². The van der Waals surface area contributed by atoms with E-state index in [0.717, 1.165) is 5.57 Å². The van der Waals surface area contributed by atoms with Crippen molar-refractivity contribution in [2.75, 3.05) is 0 Å². The molecule has 0 bridgehead atoms. The zero-order valence-electron chi connectivity index (χ0n) is 14.3. The Hall–Kier alpha value is -1.70. The van der Waals surface area contributed by atoms with Gasteiger partial charge in [0.05, 0.1) is 5.82 Å². The van der Waals surface area contributed by atoms with Gasteiger partial charge in [-0.05, 0) is 49.4 Å². The number of halogens is 1. The molecule has 25 heavy (non-hydrogen) atoms. The van der Waals surface area contributed by atoms with E-state index in [1.807, 2.05) is 6.92 Å². The van der Waals surface area contributed by atoms with Gasteiger partial charge in [-0.3, -0.25) is 0 Å². The Bertz CT molecular complexity index is 727. The maximum absolute atomic E-state index is 4.07. The lowest BCUT2D eigenvalue weighted by atomic mass is 10.3. The van der Waals surface area contributed by atoms with Crippen molar-refractivity contribution in [3.05, 3.63) is 115 Å². The number of benzene rings is 3. The van der Waals surface area contributed by atoms with E-state index in [2.05, 4.69) is 109 Å². The fraction of sp³-hybridized carbons (Fsp3) is 0.0435. The molecule has 0 N–H and O–H groups in total. The monoisotopic (exact) mass is 456 g/mol. The van der Waals surface area contributed by atoms with E-state index in [0.29, 0.717) is 0 Å². The van der Waals surface area contributed by atoms with Gasteiger partial charge in [0.1, 0.15) is 23.2 Å². The van der Waals surface area contributed by atoms with Crippen LogP contribution in [0.2, 0.25) is 0 Å². The summed E-state index contributed by atoms with van der Waals surface area (Å²) in [7, 11) is -1.85. The molecular weight excluding hydrogens is 434 g/mol. The van der Waals surface area contributed by atoms with Crippen LogP contribution >= 0.6 is 7.26 Å². The molecule has 0 aliphatic rings. The molecule has 0 unspecified atom stereocenters. The zero-order chi connectivity index (χ0) is 16.8. The first-order chi connectivity index (χ1) is 11.7. The normalized spacial score (nSPS) is 11.1. The van der Waals surface area contributed by atoms with Crippen LogP contribution in [-0.2, 0) is 0 Å². The third-order valence-electron chi connectivity index (χ3n) is 4.07. The molecule has 0 atom stereocenters. The number of hydrogen-bond acceptors (Lipinski definition) is 0. The van der Waals surface area contributed by atoms with Crippen molar-refractivity contribution >= 4 is 23.2 Å². The molecule has 0 saturated heterocycles. The van der Waals surface area contributed by atoms with Crippen LogP contribution in [0.15, 0.2) is 115 Å². The molecule has 0 saturated carbocycles. The summed E-state index contributed by atoms with van der Waals surface area (Å²) in [5, 5.41) is 4.08. The summed E-state index contributed by atoms with van der Waals surface area (Å²) >= 11 is 0. The van der Waals surface area contributed by atoms with Crippen molar-refractivity contribution in [3.63, 3.8) is 0 Å². The summed E-state index contributed by atoms with van der Waals surface area (Å²) in [5.74, 6) is 2.38. The quantitative estimate of drug-likeness (QED) is 0.314. The fourth-order valence-corrected chi connectivity index (χ4v) is 6.75. The molecular formula is C23H22IP. The number of allylic oxidation sites excluding steroid dienone is 2. The molecule has 0 amide bonds. The third-order valence-corrected chi connectivity index (χ3v) is 8.01. The van der Waals surface area contributed by atoms with Gasteiger partial charge in [-0.25, -0.2) is 0 Å². The van der Waals surface area contributed by atoms with E-state index in [1.165, 1.54) is 15.9 Å². The van der Waals surface area contributed by atoms with E-state index in [4.69, 9.17) is 0 Å². The zero-order valence-corrected chi connectivity index (χ0v) is 17.4. The van der Waals surface area contributed by atoms with Gasteiger partial charge in [0.2, 0.25) is 0 Å². The molecule has 3 aromatic rings. The molecule has 0 aliphatic carbocycles. The number of rotatable bonds is 5. The van der Waals surface area contributed by atoms with E-state index in [9.17, 15) is 0 Å². The second kappa shape index (κ2) is 9.12. The Morgan fingerprint density at radius 1 is 0.680 bits per heavy atom. The second-order valence-corrected chi connectivity index (χ2v) is 9.18.